The van der Waals surface area contributed by atoms with E-state index in [1.54, 1.807) is 13.0 Å². The molecule has 1 aromatic rings. The molecule has 0 aliphatic carbocycles. The van der Waals surface area contributed by atoms with E-state index in [4.69, 9.17) is 0 Å². The topological polar surface area (TPSA) is 3.24 Å². The molecule has 0 atom stereocenters. The van der Waals surface area contributed by atoms with Crippen molar-refractivity contribution < 1.29 is 8.78 Å². The van der Waals surface area contributed by atoms with Crippen LogP contribution in [-0.2, 0) is 6.42 Å². The summed E-state index contributed by atoms with van der Waals surface area (Å²) >= 11 is 0. The minimum absolute atomic E-state index is 0.175. The molecular weight excluding hydrogens is 196 g/mol. The molecule has 0 radical (unpaired) electrons. The Labute approximate surface area is 88.7 Å². The van der Waals surface area contributed by atoms with Crippen LogP contribution >= 0.6 is 0 Å². The van der Waals surface area contributed by atoms with Crippen LogP contribution in [0.15, 0.2) is 12.1 Å². The Morgan fingerprint density at radius 3 is 2.73 bits per heavy atom. The van der Waals surface area contributed by atoms with Crippen molar-refractivity contribution in [3.05, 3.63) is 28.8 Å². The normalized spacial score (nSPS) is 14.9. The van der Waals surface area contributed by atoms with E-state index in [9.17, 15) is 8.78 Å². The van der Waals surface area contributed by atoms with E-state index < -0.39 is 6.43 Å². The standard InChI is InChI=1S/C12H15F2N/c1-3-15-5-4-9-6-8(2)10(12(13)14)7-11(9)15/h6-7,12H,3-5H2,1-2H3. The van der Waals surface area contributed by atoms with E-state index in [0.29, 0.717) is 5.56 Å². The van der Waals surface area contributed by atoms with Crippen LogP contribution in [0.5, 0.6) is 0 Å². The summed E-state index contributed by atoms with van der Waals surface area (Å²) in [6, 6.07) is 3.57. The minimum atomic E-state index is -2.37. The molecule has 82 valence electrons. The maximum absolute atomic E-state index is 12.7. The lowest BCUT2D eigenvalue weighted by atomic mass is 10.0. The number of halogens is 2. The first-order valence-corrected chi connectivity index (χ1v) is 5.30. The highest BCUT2D eigenvalue weighted by molar-refractivity contribution is 5.61. The summed E-state index contributed by atoms with van der Waals surface area (Å²) in [5, 5.41) is 0. The van der Waals surface area contributed by atoms with Crippen molar-refractivity contribution in [1.82, 2.24) is 0 Å². The van der Waals surface area contributed by atoms with Crippen molar-refractivity contribution in [3.8, 4) is 0 Å². The van der Waals surface area contributed by atoms with E-state index in [1.165, 1.54) is 5.56 Å². The molecule has 1 aliphatic rings. The van der Waals surface area contributed by atoms with Gasteiger partial charge in [0.1, 0.15) is 0 Å². The van der Waals surface area contributed by atoms with Crippen LogP contribution in [0.2, 0.25) is 0 Å². The van der Waals surface area contributed by atoms with Crippen molar-refractivity contribution in [1.29, 1.82) is 0 Å². The molecule has 0 fully saturated rings. The molecule has 0 saturated heterocycles. The van der Waals surface area contributed by atoms with Crippen molar-refractivity contribution >= 4 is 5.69 Å². The van der Waals surface area contributed by atoms with E-state index in [-0.39, 0.29) is 5.56 Å². The number of nitrogens with zero attached hydrogens (tertiary/aromatic N) is 1. The summed E-state index contributed by atoms with van der Waals surface area (Å²) in [7, 11) is 0. The lowest BCUT2D eigenvalue weighted by Crippen LogP contribution is -2.19. The predicted molar refractivity (Wildman–Crippen MR) is 57.7 cm³/mol. The first kappa shape index (κ1) is 10.4. The molecule has 0 N–H and O–H groups in total. The SMILES string of the molecule is CCN1CCc2cc(C)c(C(F)F)cc21. The zero-order valence-electron chi connectivity index (χ0n) is 9.06. The third-order valence-electron chi connectivity index (χ3n) is 3.08. The van der Waals surface area contributed by atoms with Gasteiger partial charge in [-0.25, -0.2) is 8.78 Å². The molecule has 3 heteroatoms. The van der Waals surface area contributed by atoms with Gasteiger partial charge in [0.05, 0.1) is 0 Å². The molecule has 1 heterocycles. The summed E-state index contributed by atoms with van der Waals surface area (Å²) in [4.78, 5) is 2.15. The van der Waals surface area contributed by atoms with Crippen LogP contribution in [0.1, 0.15) is 30.0 Å². The number of rotatable bonds is 2. The second-order valence-corrected chi connectivity index (χ2v) is 3.97. The Morgan fingerprint density at radius 1 is 1.40 bits per heavy atom. The molecule has 0 amide bonds. The fourth-order valence-corrected chi connectivity index (χ4v) is 2.21. The van der Waals surface area contributed by atoms with Gasteiger partial charge in [0.25, 0.3) is 6.43 Å². The number of aryl methyl sites for hydroxylation is 1. The lowest BCUT2D eigenvalue weighted by Gasteiger charge is -2.18. The second-order valence-electron chi connectivity index (χ2n) is 3.97. The molecule has 1 aromatic carbocycles. The number of anilines is 1. The van der Waals surface area contributed by atoms with Gasteiger partial charge in [0, 0.05) is 24.3 Å². The Kier molecular flexibility index (Phi) is 2.63. The zero-order valence-corrected chi connectivity index (χ0v) is 9.06. The predicted octanol–water partition coefficient (Wildman–Crippen LogP) is 3.32. The van der Waals surface area contributed by atoms with Crippen LogP contribution in [0.4, 0.5) is 14.5 Å². The first-order chi connectivity index (χ1) is 7.13. The maximum Gasteiger partial charge on any atom is 0.264 e. The minimum Gasteiger partial charge on any atom is -0.371 e. The number of likely N-dealkylation sites (N-methyl/N-ethyl adjacent to an activating group) is 1. The van der Waals surface area contributed by atoms with E-state index in [2.05, 4.69) is 11.8 Å². The molecule has 0 aromatic heterocycles. The fraction of sp³-hybridized carbons (Fsp3) is 0.500. The van der Waals surface area contributed by atoms with Crippen molar-refractivity contribution in [2.45, 2.75) is 26.7 Å². The van der Waals surface area contributed by atoms with Gasteiger partial charge in [0.2, 0.25) is 0 Å². The van der Waals surface area contributed by atoms with Crippen molar-refractivity contribution in [2.24, 2.45) is 0 Å². The van der Waals surface area contributed by atoms with Gasteiger partial charge in [-0.3, -0.25) is 0 Å². The Morgan fingerprint density at radius 2 is 2.13 bits per heavy atom. The van der Waals surface area contributed by atoms with E-state index in [0.717, 1.165) is 25.2 Å². The molecule has 0 spiro atoms. The summed E-state index contributed by atoms with van der Waals surface area (Å²) in [5.41, 5.74) is 3.09. The summed E-state index contributed by atoms with van der Waals surface area (Å²) < 4.78 is 25.4. The Balaban J connectivity index is 2.47. The Hall–Kier alpha value is -1.12. The van der Waals surface area contributed by atoms with Crippen molar-refractivity contribution in [2.75, 3.05) is 18.0 Å². The molecule has 0 bridgehead atoms. The molecular formula is C12H15F2N. The van der Waals surface area contributed by atoms with Gasteiger partial charge >= 0.3 is 0 Å². The van der Waals surface area contributed by atoms with E-state index in [1.807, 2.05) is 6.07 Å². The third kappa shape index (κ3) is 1.71. The van der Waals surface area contributed by atoms with E-state index >= 15 is 0 Å². The number of fused-ring (bicyclic) bond motifs is 1. The Bertz CT molecular complexity index is 374. The van der Waals surface area contributed by atoms with Crippen LogP contribution in [-0.4, -0.2) is 13.1 Å². The van der Waals surface area contributed by atoms with Crippen LogP contribution in [0, 0.1) is 6.92 Å². The monoisotopic (exact) mass is 211 g/mol. The zero-order chi connectivity index (χ0) is 11.0. The smallest absolute Gasteiger partial charge is 0.264 e. The maximum atomic E-state index is 12.7. The number of hydrogen-bond donors (Lipinski definition) is 0. The first-order valence-electron chi connectivity index (χ1n) is 5.30. The highest BCUT2D eigenvalue weighted by Crippen LogP contribution is 2.34. The largest absolute Gasteiger partial charge is 0.371 e. The van der Waals surface area contributed by atoms with Gasteiger partial charge in [-0.1, -0.05) is 6.07 Å². The molecule has 1 aliphatic heterocycles. The van der Waals surface area contributed by atoms with Crippen LogP contribution in [0.25, 0.3) is 0 Å². The highest BCUT2D eigenvalue weighted by Gasteiger charge is 2.21. The molecule has 2 rings (SSSR count). The van der Waals surface area contributed by atoms with Gasteiger partial charge in [-0.05, 0) is 37.5 Å². The number of alkyl halides is 2. The van der Waals surface area contributed by atoms with Gasteiger partial charge in [0.15, 0.2) is 0 Å². The second kappa shape index (κ2) is 3.80. The van der Waals surface area contributed by atoms with Gasteiger partial charge < -0.3 is 4.90 Å². The quantitative estimate of drug-likeness (QED) is 0.725. The van der Waals surface area contributed by atoms with Crippen molar-refractivity contribution in [3.63, 3.8) is 0 Å². The summed E-state index contributed by atoms with van der Waals surface area (Å²) in [6.07, 6.45) is -1.39. The summed E-state index contributed by atoms with van der Waals surface area (Å²) in [6.45, 7) is 5.66. The molecule has 0 unspecified atom stereocenters. The number of hydrogen-bond acceptors (Lipinski definition) is 1. The lowest BCUT2D eigenvalue weighted by molar-refractivity contribution is 0.150. The molecule has 1 nitrogen and oxygen atoms in total. The van der Waals surface area contributed by atoms with Crippen LogP contribution < -0.4 is 4.90 Å². The van der Waals surface area contributed by atoms with Gasteiger partial charge in [-0.15, -0.1) is 0 Å². The average Bonchev–Trinajstić information content (AvgIpc) is 2.58. The van der Waals surface area contributed by atoms with Crippen LogP contribution in [0.3, 0.4) is 0 Å². The fourth-order valence-electron chi connectivity index (χ4n) is 2.21. The molecule has 15 heavy (non-hydrogen) atoms. The average molecular weight is 211 g/mol. The highest BCUT2D eigenvalue weighted by atomic mass is 19.3. The third-order valence-corrected chi connectivity index (χ3v) is 3.08. The number of benzene rings is 1. The van der Waals surface area contributed by atoms with Gasteiger partial charge in [-0.2, -0.15) is 0 Å². The summed E-state index contributed by atoms with van der Waals surface area (Å²) in [5.74, 6) is 0. The molecule has 0 saturated carbocycles.